The molecule has 3 rings (SSSR count). The summed E-state index contributed by atoms with van der Waals surface area (Å²) in [6.07, 6.45) is 3.45. The van der Waals surface area contributed by atoms with Crippen LogP contribution in [0, 0.1) is 13.8 Å². The molecular formula is C15H21N3O3. The Bertz CT molecular complexity index is 567. The predicted octanol–water partition coefficient (Wildman–Crippen LogP) is 1.45. The molecule has 1 aliphatic heterocycles. The van der Waals surface area contributed by atoms with Crippen molar-refractivity contribution in [1.82, 2.24) is 15.4 Å². The molecule has 2 aliphatic rings. The first-order valence-electron chi connectivity index (χ1n) is 7.49. The number of aromatic nitrogens is 1. The molecule has 0 aromatic carbocycles. The number of nitrogens with one attached hydrogen (secondary N) is 1. The number of hydrogen-bond donors (Lipinski definition) is 1. The Kier molecular flexibility index (Phi) is 3.26. The van der Waals surface area contributed by atoms with Crippen molar-refractivity contribution in [2.75, 3.05) is 0 Å². The highest BCUT2D eigenvalue weighted by Gasteiger charge is 2.50. The number of amides is 2. The topological polar surface area (TPSA) is 75.4 Å². The van der Waals surface area contributed by atoms with E-state index in [2.05, 4.69) is 10.5 Å². The molecule has 1 aromatic rings. The quantitative estimate of drug-likeness (QED) is 0.895. The fourth-order valence-electron chi connectivity index (χ4n) is 3.41. The van der Waals surface area contributed by atoms with Crippen LogP contribution in [0.25, 0.3) is 0 Å². The van der Waals surface area contributed by atoms with Crippen molar-refractivity contribution in [1.29, 1.82) is 0 Å². The van der Waals surface area contributed by atoms with Gasteiger partial charge in [-0.3, -0.25) is 9.59 Å². The molecule has 1 aliphatic carbocycles. The van der Waals surface area contributed by atoms with Crippen LogP contribution in [0.5, 0.6) is 0 Å². The summed E-state index contributed by atoms with van der Waals surface area (Å²) in [6, 6.07) is -0.461. The van der Waals surface area contributed by atoms with E-state index in [4.69, 9.17) is 4.52 Å². The minimum absolute atomic E-state index is 0.0344. The SMILES string of the molecule is Cc1noc(C)c1CN1C(=O)C2(CCCC2)NC(=O)C1C. The summed E-state index contributed by atoms with van der Waals surface area (Å²) in [7, 11) is 0. The van der Waals surface area contributed by atoms with Crippen LogP contribution in [-0.2, 0) is 16.1 Å². The largest absolute Gasteiger partial charge is 0.361 e. The van der Waals surface area contributed by atoms with Gasteiger partial charge < -0.3 is 14.7 Å². The lowest BCUT2D eigenvalue weighted by molar-refractivity contribution is -0.154. The van der Waals surface area contributed by atoms with E-state index in [0.717, 1.165) is 36.9 Å². The van der Waals surface area contributed by atoms with Crippen LogP contribution in [0.4, 0.5) is 0 Å². The third-order valence-corrected chi connectivity index (χ3v) is 4.85. The molecule has 6 nitrogen and oxygen atoms in total. The molecule has 6 heteroatoms. The van der Waals surface area contributed by atoms with Crippen molar-refractivity contribution < 1.29 is 14.1 Å². The molecule has 21 heavy (non-hydrogen) atoms. The van der Waals surface area contributed by atoms with E-state index in [0.29, 0.717) is 12.3 Å². The van der Waals surface area contributed by atoms with E-state index in [1.165, 1.54) is 0 Å². The second-order valence-electron chi connectivity index (χ2n) is 6.19. The second kappa shape index (κ2) is 4.86. The van der Waals surface area contributed by atoms with Crippen LogP contribution in [0.3, 0.4) is 0 Å². The van der Waals surface area contributed by atoms with E-state index >= 15 is 0 Å². The van der Waals surface area contributed by atoms with Crippen LogP contribution >= 0.6 is 0 Å². The smallest absolute Gasteiger partial charge is 0.249 e. The Balaban J connectivity index is 1.91. The second-order valence-corrected chi connectivity index (χ2v) is 6.19. The number of piperazine rings is 1. The van der Waals surface area contributed by atoms with E-state index < -0.39 is 11.6 Å². The van der Waals surface area contributed by atoms with Gasteiger partial charge in [0.05, 0.1) is 12.2 Å². The molecule has 1 saturated carbocycles. The monoisotopic (exact) mass is 291 g/mol. The van der Waals surface area contributed by atoms with Gasteiger partial charge in [0.1, 0.15) is 17.3 Å². The van der Waals surface area contributed by atoms with Gasteiger partial charge in [0.15, 0.2) is 0 Å². The van der Waals surface area contributed by atoms with Crippen molar-refractivity contribution in [3.05, 3.63) is 17.0 Å². The zero-order chi connectivity index (χ0) is 15.2. The van der Waals surface area contributed by atoms with Gasteiger partial charge in [-0.25, -0.2) is 0 Å². The number of hydrogen-bond acceptors (Lipinski definition) is 4. The first kappa shape index (κ1) is 14.1. The fraction of sp³-hybridized carbons (Fsp3) is 0.667. The van der Waals surface area contributed by atoms with Gasteiger partial charge in [0, 0.05) is 5.56 Å². The maximum absolute atomic E-state index is 12.9. The first-order valence-corrected chi connectivity index (χ1v) is 7.49. The third-order valence-electron chi connectivity index (χ3n) is 4.85. The van der Waals surface area contributed by atoms with Gasteiger partial charge >= 0.3 is 0 Å². The number of carbonyl (C=O) groups is 2. The van der Waals surface area contributed by atoms with Crippen LogP contribution in [0.1, 0.15) is 49.6 Å². The zero-order valence-electron chi connectivity index (χ0n) is 12.7. The highest BCUT2D eigenvalue weighted by Crippen LogP contribution is 2.35. The first-order chi connectivity index (χ1) is 9.94. The summed E-state index contributed by atoms with van der Waals surface area (Å²) >= 11 is 0. The van der Waals surface area contributed by atoms with Crippen LogP contribution in [-0.4, -0.2) is 33.5 Å². The lowest BCUT2D eigenvalue weighted by Gasteiger charge is -2.43. The predicted molar refractivity (Wildman–Crippen MR) is 75.3 cm³/mol. The molecule has 1 aromatic heterocycles. The summed E-state index contributed by atoms with van der Waals surface area (Å²) < 4.78 is 5.16. The maximum Gasteiger partial charge on any atom is 0.249 e. The van der Waals surface area contributed by atoms with E-state index in [1.54, 1.807) is 11.8 Å². The summed E-state index contributed by atoms with van der Waals surface area (Å²) in [5.41, 5.74) is 1.000. The molecule has 1 saturated heterocycles. The Hall–Kier alpha value is -1.85. The van der Waals surface area contributed by atoms with Crippen molar-refractivity contribution in [2.45, 2.75) is 64.6 Å². The highest BCUT2D eigenvalue weighted by molar-refractivity contribution is 5.99. The van der Waals surface area contributed by atoms with Crippen molar-refractivity contribution in [3.63, 3.8) is 0 Å². The van der Waals surface area contributed by atoms with E-state index in [9.17, 15) is 9.59 Å². The lowest BCUT2D eigenvalue weighted by atomic mass is 9.90. The Morgan fingerprint density at radius 1 is 1.33 bits per heavy atom. The van der Waals surface area contributed by atoms with Gasteiger partial charge in [0.2, 0.25) is 11.8 Å². The molecule has 1 spiro atoms. The van der Waals surface area contributed by atoms with Crippen LogP contribution in [0.15, 0.2) is 4.52 Å². The molecule has 0 radical (unpaired) electrons. The summed E-state index contributed by atoms with van der Waals surface area (Å²) in [5.74, 6) is 0.675. The number of rotatable bonds is 2. The molecule has 2 heterocycles. The normalized spacial score (nSPS) is 24.7. The minimum Gasteiger partial charge on any atom is -0.361 e. The maximum atomic E-state index is 12.9. The van der Waals surface area contributed by atoms with Gasteiger partial charge in [-0.1, -0.05) is 18.0 Å². The van der Waals surface area contributed by atoms with Crippen molar-refractivity contribution >= 4 is 11.8 Å². The molecule has 1 N–H and O–H groups in total. The third kappa shape index (κ3) is 2.13. The molecule has 1 unspecified atom stereocenters. The number of carbonyl (C=O) groups excluding carboxylic acids is 2. The summed E-state index contributed by atoms with van der Waals surface area (Å²) in [6.45, 7) is 5.85. The fourth-order valence-corrected chi connectivity index (χ4v) is 3.41. The van der Waals surface area contributed by atoms with E-state index in [1.807, 2.05) is 13.8 Å². The zero-order valence-corrected chi connectivity index (χ0v) is 12.7. The minimum atomic E-state index is -0.678. The highest BCUT2D eigenvalue weighted by atomic mass is 16.5. The molecule has 2 amide bonds. The Morgan fingerprint density at radius 3 is 2.57 bits per heavy atom. The Morgan fingerprint density at radius 2 is 2.00 bits per heavy atom. The van der Waals surface area contributed by atoms with E-state index in [-0.39, 0.29) is 11.8 Å². The van der Waals surface area contributed by atoms with Gasteiger partial charge in [-0.15, -0.1) is 0 Å². The molecule has 1 atom stereocenters. The van der Waals surface area contributed by atoms with Crippen molar-refractivity contribution in [2.24, 2.45) is 0 Å². The number of aryl methyl sites for hydroxylation is 2. The van der Waals surface area contributed by atoms with Crippen molar-refractivity contribution in [3.8, 4) is 0 Å². The van der Waals surface area contributed by atoms with Gasteiger partial charge in [0.25, 0.3) is 0 Å². The summed E-state index contributed by atoms with van der Waals surface area (Å²) in [4.78, 5) is 26.9. The molecule has 114 valence electrons. The van der Waals surface area contributed by atoms with Crippen LogP contribution < -0.4 is 5.32 Å². The summed E-state index contributed by atoms with van der Waals surface area (Å²) in [5, 5.41) is 6.89. The lowest BCUT2D eigenvalue weighted by Crippen LogP contribution is -2.68. The average molecular weight is 291 g/mol. The average Bonchev–Trinajstić information content (AvgIpc) is 3.03. The molecule has 2 fully saturated rings. The van der Waals surface area contributed by atoms with Crippen LogP contribution in [0.2, 0.25) is 0 Å². The number of nitrogens with zero attached hydrogens (tertiary/aromatic N) is 2. The Labute approximate surface area is 123 Å². The van der Waals surface area contributed by atoms with Gasteiger partial charge in [-0.2, -0.15) is 0 Å². The molecule has 0 bridgehead atoms. The standard InChI is InChI=1S/C15H21N3O3/c1-9-12(11(3)21-17-9)8-18-10(2)13(19)16-15(14(18)20)6-4-5-7-15/h10H,4-8H2,1-3H3,(H,16,19). The molecular weight excluding hydrogens is 270 g/mol. The van der Waals surface area contributed by atoms with Gasteiger partial charge in [-0.05, 0) is 33.6 Å².